The van der Waals surface area contributed by atoms with E-state index in [0.29, 0.717) is 10.7 Å². The summed E-state index contributed by atoms with van der Waals surface area (Å²) in [6.07, 6.45) is 0.946. The molecular formula is C10H15ClN2O. The Kier molecular flexibility index (Phi) is 4.56. The molecule has 0 bridgehead atoms. The summed E-state index contributed by atoms with van der Waals surface area (Å²) in [5.41, 5.74) is 7.22. The van der Waals surface area contributed by atoms with E-state index in [1.165, 1.54) is 0 Å². The monoisotopic (exact) mass is 214 g/mol. The largest absolute Gasteiger partial charge is 0.399 e. The SMILES string of the molecule is COCCCNc1cc(N)ccc1Cl. The zero-order valence-corrected chi connectivity index (χ0v) is 8.97. The number of hydrogen-bond donors (Lipinski definition) is 2. The van der Waals surface area contributed by atoms with Crippen LogP contribution < -0.4 is 11.1 Å². The summed E-state index contributed by atoms with van der Waals surface area (Å²) in [5, 5.41) is 3.89. The van der Waals surface area contributed by atoms with Gasteiger partial charge >= 0.3 is 0 Å². The molecule has 0 amide bonds. The molecule has 3 nitrogen and oxygen atoms in total. The summed E-state index contributed by atoms with van der Waals surface area (Å²) >= 11 is 5.96. The van der Waals surface area contributed by atoms with Crippen LogP contribution in [-0.4, -0.2) is 20.3 Å². The lowest BCUT2D eigenvalue weighted by Crippen LogP contribution is -2.05. The fraction of sp³-hybridized carbons (Fsp3) is 0.400. The third kappa shape index (κ3) is 3.44. The highest BCUT2D eigenvalue weighted by Crippen LogP contribution is 2.23. The maximum atomic E-state index is 5.96. The second-order valence-corrected chi connectivity index (χ2v) is 3.42. The number of halogens is 1. The van der Waals surface area contributed by atoms with E-state index in [9.17, 15) is 0 Å². The van der Waals surface area contributed by atoms with Gasteiger partial charge in [0.15, 0.2) is 0 Å². The molecule has 0 saturated carbocycles. The number of methoxy groups -OCH3 is 1. The number of nitrogens with one attached hydrogen (secondary N) is 1. The molecule has 1 aromatic carbocycles. The molecular weight excluding hydrogens is 200 g/mol. The number of anilines is 2. The van der Waals surface area contributed by atoms with Crippen LogP contribution >= 0.6 is 11.6 Å². The van der Waals surface area contributed by atoms with Crippen LogP contribution in [-0.2, 0) is 4.74 Å². The summed E-state index contributed by atoms with van der Waals surface area (Å²) in [5.74, 6) is 0. The van der Waals surface area contributed by atoms with Crippen LogP contribution in [0.4, 0.5) is 11.4 Å². The second-order valence-electron chi connectivity index (χ2n) is 3.01. The summed E-state index contributed by atoms with van der Waals surface area (Å²) < 4.78 is 4.94. The first-order valence-electron chi connectivity index (χ1n) is 4.52. The van der Waals surface area contributed by atoms with Crippen LogP contribution in [0.5, 0.6) is 0 Å². The standard InChI is InChI=1S/C10H15ClN2O/c1-14-6-2-5-13-10-7-8(12)3-4-9(10)11/h3-4,7,13H,2,5-6,12H2,1H3. The molecule has 0 unspecified atom stereocenters. The Morgan fingerprint density at radius 2 is 2.29 bits per heavy atom. The third-order valence-corrected chi connectivity index (χ3v) is 2.16. The molecule has 0 aromatic heterocycles. The van der Waals surface area contributed by atoms with E-state index in [1.54, 1.807) is 19.2 Å². The van der Waals surface area contributed by atoms with Crippen LogP contribution in [0.2, 0.25) is 5.02 Å². The molecule has 0 aliphatic heterocycles. The van der Waals surface area contributed by atoms with E-state index in [4.69, 9.17) is 22.1 Å². The number of rotatable bonds is 5. The molecule has 0 fully saturated rings. The van der Waals surface area contributed by atoms with Gasteiger partial charge in [-0.2, -0.15) is 0 Å². The van der Waals surface area contributed by atoms with Crippen LogP contribution in [0, 0.1) is 0 Å². The first-order valence-corrected chi connectivity index (χ1v) is 4.89. The van der Waals surface area contributed by atoms with Gasteiger partial charge in [0.2, 0.25) is 0 Å². The van der Waals surface area contributed by atoms with Gasteiger partial charge in [0.05, 0.1) is 10.7 Å². The van der Waals surface area contributed by atoms with Crippen molar-refractivity contribution in [1.82, 2.24) is 0 Å². The number of benzene rings is 1. The fourth-order valence-electron chi connectivity index (χ4n) is 1.12. The quantitative estimate of drug-likeness (QED) is 0.585. The Bertz CT molecular complexity index is 291. The number of nitrogen functional groups attached to an aromatic ring is 1. The summed E-state index contributed by atoms with van der Waals surface area (Å²) in [6.45, 7) is 1.57. The lowest BCUT2D eigenvalue weighted by Gasteiger charge is -2.08. The first-order chi connectivity index (χ1) is 6.74. The molecule has 0 saturated heterocycles. The molecule has 0 spiro atoms. The Balaban J connectivity index is 2.45. The van der Waals surface area contributed by atoms with Crippen molar-refractivity contribution in [2.45, 2.75) is 6.42 Å². The average Bonchev–Trinajstić information content (AvgIpc) is 2.18. The van der Waals surface area contributed by atoms with Crippen LogP contribution in [0.1, 0.15) is 6.42 Å². The van der Waals surface area contributed by atoms with Gasteiger partial charge in [0.1, 0.15) is 0 Å². The van der Waals surface area contributed by atoms with Gasteiger partial charge in [0, 0.05) is 25.9 Å². The Labute approximate surface area is 89.2 Å². The Hall–Kier alpha value is -0.930. The molecule has 1 aromatic rings. The third-order valence-electron chi connectivity index (χ3n) is 1.83. The minimum absolute atomic E-state index is 0.691. The van der Waals surface area contributed by atoms with E-state index in [2.05, 4.69) is 5.32 Å². The molecule has 0 heterocycles. The van der Waals surface area contributed by atoms with Crippen LogP contribution in [0.25, 0.3) is 0 Å². The Morgan fingerprint density at radius 3 is 3.00 bits per heavy atom. The zero-order valence-electron chi connectivity index (χ0n) is 8.22. The fourth-order valence-corrected chi connectivity index (χ4v) is 1.30. The van der Waals surface area contributed by atoms with Gasteiger partial charge in [0.25, 0.3) is 0 Å². The van der Waals surface area contributed by atoms with Gasteiger partial charge in [-0.15, -0.1) is 0 Å². The van der Waals surface area contributed by atoms with E-state index in [0.717, 1.165) is 25.3 Å². The number of nitrogens with two attached hydrogens (primary N) is 1. The van der Waals surface area contributed by atoms with Crippen molar-refractivity contribution < 1.29 is 4.74 Å². The van der Waals surface area contributed by atoms with E-state index < -0.39 is 0 Å². The summed E-state index contributed by atoms with van der Waals surface area (Å²) in [6, 6.07) is 5.40. The van der Waals surface area contributed by atoms with Crippen molar-refractivity contribution in [2.75, 3.05) is 31.3 Å². The van der Waals surface area contributed by atoms with E-state index >= 15 is 0 Å². The van der Waals surface area contributed by atoms with Crippen molar-refractivity contribution in [3.63, 3.8) is 0 Å². The summed E-state index contributed by atoms with van der Waals surface area (Å²) in [7, 11) is 1.69. The second kappa shape index (κ2) is 5.73. The van der Waals surface area contributed by atoms with Gasteiger partial charge in [-0.05, 0) is 24.6 Å². The normalized spacial score (nSPS) is 10.1. The molecule has 0 atom stereocenters. The van der Waals surface area contributed by atoms with Gasteiger partial charge in [-0.25, -0.2) is 0 Å². The molecule has 1 rings (SSSR count). The van der Waals surface area contributed by atoms with E-state index in [-0.39, 0.29) is 0 Å². The molecule has 14 heavy (non-hydrogen) atoms. The minimum Gasteiger partial charge on any atom is -0.399 e. The van der Waals surface area contributed by atoms with Crippen molar-refractivity contribution in [1.29, 1.82) is 0 Å². The van der Waals surface area contributed by atoms with Crippen LogP contribution in [0.3, 0.4) is 0 Å². The molecule has 0 aliphatic carbocycles. The maximum Gasteiger partial charge on any atom is 0.0639 e. The summed E-state index contributed by atoms with van der Waals surface area (Å²) in [4.78, 5) is 0. The first kappa shape index (κ1) is 11.1. The topological polar surface area (TPSA) is 47.3 Å². The highest BCUT2D eigenvalue weighted by Gasteiger charge is 1.99. The molecule has 3 N–H and O–H groups in total. The van der Waals surface area contributed by atoms with Crippen molar-refractivity contribution >= 4 is 23.0 Å². The minimum atomic E-state index is 0.691. The lowest BCUT2D eigenvalue weighted by molar-refractivity contribution is 0.198. The number of hydrogen-bond acceptors (Lipinski definition) is 3. The van der Waals surface area contributed by atoms with Gasteiger partial charge in [-0.1, -0.05) is 11.6 Å². The highest BCUT2D eigenvalue weighted by atomic mass is 35.5. The molecule has 78 valence electrons. The van der Waals surface area contributed by atoms with Gasteiger partial charge in [-0.3, -0.25) is 0 Å². The van der Waals surface area contributed by atoms with Crippen molar-refractivity contribution in [3.8, 4) is 0 Å². The van der Waals surface area contributed by atoms with Crippen molar-refractivity contribution in [3.05, 3.63) is 23.2 Å². The highest BCUT2D eigenvalue weighted by molar-refractivity contribution is 6.33. The zero-order chi connectivity index (χ0) is 10.4. The predicted octanol–water partition coefficient (Wildman–Crippen LogP) is 2.37. The number of ether oxygens (including phenoxy) is 1. The smallest absolute Gasteiger partial charge is 0.0639 e. The lowest BCUT2D eigenvalue weighted by atomic mass is 10.3. The molecule has 4 heteroatoms. The van der Waals surface area contributed by atoms with E-state index in [1.807, 2.05) is 6.07 Å². The van der Waals surface area contributed by atoms with Crippen molar-refractivity contribution in [2.24, 2.45) is 0 Å². The molecule has 0 aliphatic rings. The van der Waals surface area contributed by atoms with Crippen LogP contribution in [0.15, 0.2) is 18.2 Å². The maximum absolute atomic E-state index is 5.96. The Morgan fingerprint density at radius 1 is 1.50 bits per heavy atom. The average molecular weight is 215 g/mol. The van der Waals surface area contributed by atoms with Gasteiger partial charge < -0.3 is 15.8 Å². The molecule has 0 radical (unpaired) electrons. The predicted molar refractivity (Wildman–Crippen MR) is 60.8 cm³/mol.